The Labute approximate surface area is 89.8 Å². The van der Waals surface area contributed by atoms with Crippen LogP contribution in [0.5, 0.6) is 0 Å². The summed E-state index contributed by atoms with van der Waals surface area (Å²) in [5.74, 6) is 0. The fraction of sp³-hybridized carbons (Fsp3) is 1.00. The molecule has 0 aromatic heterocycles. The third-order valence-electron chi connectivity index (χ3n) is 3.44. The van der Waals surface area contributed by atoms with Crippen molar-refractivity contribution in [2.24, 2.45) is 5.73 Å². The topological polar surface area (TPSA) is 79.0 Å². The van der Waals surface area contributed by atoms with Gasteiger partial charge in [0.25, 0.3) is 0 Å². The highest BCUT2D eigenvalue weighted by molar-refractivity contribution is 4.98. The zero-order chi connectivity index (χ0) is 10.8. The van der Waals surface area contributed by atoms with Gasteiger partial charge in [-0.25, -0.2) is 0 Å². The summed E-state index contributed by atoms with van der Waals surface area (Å²) in [6.07, 6.45) is 1.12. The van der Waals surface area contributed by atoms with E-state index in [0.717, 1.165) is 13.1 Å². The molecule has 0 radical (unpaired) electrons. The van der Waals surface area contributed by atoms with Gasteiger partial charge in [-0.2, -0.15) is 0 Å². The Morgan fingerprint density at radius 1 is 1.27 bits per heavy atom. The molecule has 5 heteroatoms. The lowest BCUT2D eigenvalue weighted by molar-refractivity contribution is -0.0193. The van der Waals surface area contributed by atoms with Crippen LogP contribution in [0.2, 0.25) is 0 Å². The molecule has 88 valence electrons. The van der Waals surface area contributed by atoms with E-state index in [1.807, 2.05) is 0 Å². The molecule has 0 bridgehead atoms. The molecule has 2 rings (SSSR count). The summed E-state index contributed by atoms with van der Waals surface area (Å²) >= 11 is 0. The Morgan fingerprint density at radius 2 is 1.93 bits per heavy atom. The van der Waals surface area contributed by atoms with Crippen LogP contribution < -0.4 is 5.73 Å². The number of hydrogen-bond acceptors (Lipinski definition) is 5. The van der Waals surface area contributed by atoms with Crippen molar-refractivity contribution in [3.05, 3.63) is 0 Å². The summed E-state index contributed by atoms with van der Waals surface area (Å²) in [6, 6.07) is -0.0327. The molecule has 0 aromatic carbocycles. The molecule has 2 aliphatic rings. The molecule has 0 amide bonds. The maximum absolute atomic E-state index is 10.0. The average molecular weight is 216 g/mol. The van der Waals surface area contributed by atoms with Gasteiger partial charge in [0, 0.05) is 6.54 Å². The second kappa shape index (κ2) is 4.76. The molecule has 0 spiro atoms. The van der Waals surface area contributed by atoms with E-state index in [-0.39, 0.29) is 18.8 Å². The number of hydrogen-bond donors (Lipinski definition) is 3. The fourth-order valence-corrected chi connectivity index (χ4v) is 2.66. The molecule has 0 aromatic rings. The Hall–Kier alpha value is -0.200. The van der Waals surface area contributed by atoms with Crippen molar-refractivity contribution in [2.75, 3.05) is 26.2 Å². The number of ether oxygens (including phenoxy) is 1. The van der Waals surface area contributed by atoms with Crippen LogP contribution in [0.3, 0.4) is 0 Å². The molecule has 5 nitrogen and oxygen atoms in total. The third-order valence-corrected chi connectivity index (χ3v) is 3.44. The van der Waals surface area contributed by atoms with Gasteiger partial charge in [-0.15, -0.1) is 0 Å². The van der Waals surface area contributed by atoms with Crippen LogP contribution in [0.1, 0.15) is 12.8 Å². The number of aliphatic hydroxyl groups is 2. The molecular formula is C10H20N2O3. The first-order valence-electron chi connectivity index (χ1n) is 5.66. The molecule has 4 atom stereocenters. The minimum Gasteiger partial charge on any atom is -0.394 e. The first-order valence-corrected chi connectivity index (χ1v) is 5.66. The number of likely N-dealkylation sites (tertiary alicyclic amines) is 1. The standard InChI is InChI=1S/C10H20N2O3/c11-5-7-9(12-3-1-2-4-12)10(14)8(6-13)15-7/h7-10,13-14H,1-6,11H2. The summed E-state index contributed by atoms with van der Waals surface area (Å²) in [7, 11) is 0. The number of aliphatic hydroxyl groups excluding tert-OH is 2. The van der Waals surface area contributed by atoms with E-state index >= 15 is 0 Å². The van der Waals surface area contributed by atoms with Gasteiger partial charge in [-0.3, -0.25) is 4.90 Å². The van der Waals surface area contributed by atoms with Crippen molar-refractivity contribution < 1.29 is 14.9 Å². The summed E-state index contributed by atoms with van der Waals surface area (Å²) in [5, 5.41) is 19.1. The summed E-state index contributed by atoms with van der Waals surface area (Å²) in [4.78, 5) is 2.23. The summed E-state index contributed by atoms with van der Waals surface area (Å²) in [6.45, 7) is 2.26. The van der Waals surface area contributed by atoms with Crippen LogP contribution in [-0.2, 0) is 4.74 Å². The van der Waals surface area contributed by atoms with Crippen molar-refractivity contribution in [3.63, 3.8) is 0 Å². The quantitative estimate of drug-likeness (QED) is 0.537. The highest BCUT2D eigenvalue weighted by Crippen LogP contribution is 2.27. The lowest BCUT2D eigenvalue weighted by Gasteiger charge is -2.29. The molecular weight excluding hydrogens is 196 g/mol. The largest absolute Gasteiger partial charge is 0.394 e. The summed E-state index contributed by atoms with van der Waals surface area (Å²) < 4.78 is 5.53. The SMILES string of the molecule is NCC1OC(CO)C(O)C1N1CCCC1. The van der Waals surface area contributed by atoms with Crippen molar-refractivity contribution in [1.29, 1.82) is 0 Å². The lowest BCUT2D eigenvalue weighted by atomic mass is 10.0. The average Bonchev–Trinajstić information content (AvgIpc) is 2.84. The van der Waals surface area contributed by atoms with Gasteiger partial charge >= 0.3 is 0 Å². The van der Waals surface area contributed by atoms with Gasteiger partial charge in [-0.1, -0.05) is 0 Å². The first-order chi connectivity index (χ1) is 7.27. The normalized spacial score (nSPS) is 42.6. The molecule has 2 saturated heterocycles. The third kappa shape index (κ3) is 2.03. The highest BCUT2D eigenvalue weighted by Gasteiger charge is 2.45. The Morgan fingerprint density at radius 3 is 2.47 bits per heavy atom. The molecule has 2 aliphatic heterocycles. The predicted octanol–water partition coefficient (Wildman–Crippen LogP) is -1.47. The number of nitrogens with zero attached hydrogens (tertiary/aromatic N) is 1. The monoisotopic (exact) mass is 216 g/mol. The fourth-order valence-electron chi connectivity index (χ4n) is 2.66. The first kappa shape index (κ1) is 11.3. The van der Waals surface area contributed by atoms with E-state index in [1.165, 1.54) is 12.8 Å². The molecule has 4 N–H and O–H groups in total. The van der Waals surface area contributed by atoms with Crippen LogP contribution in [0.25, 0.3) is 0 Å². The van der Waals surface area contributed by atoms with Crippen LogP contribution in [0.4, 0.5) is 0 Å². The lowest BCUT2D eigenvalue weighted by Crippen LogP contribution is -2.48. The van der Waals surface area contributed by atoms with Crippen LogP contribution in [0, 0.1) is 0 Å². The van der Waals surface area contributed by atoms with Gasteiger partial charge in [0.05, 0.1) is 18.8 Å². The van der Waals surface area contributed by atoms with Crippen molar-refractivity contribution in [1.82, 2.24) is 4.90 Å². The summed E-state index contributed by atoms with van der Waals surface area (Å²) in [5.41, 5.74) is 5.63. The smallest absolute Gasteiger partial charge is 0.109 e. The van der Waals surface area contributed by atoms with E-state index in [1.54, 1.807) is 0 Å². The molecule has 15 heavy (non-hydrogen) atoms. The Bertz CT molecular complexity index is 207. The molecule has 4 unspecified atom stereocenters. The van der Waals surface area contributed by atoms with Gasteiger partial charge < -0.3 is 20.7 Å². The number of nitrogens with two attached hydrogens (primary N) is 1. The van der Waals surface area contributed by atoms with Crippen molar-refractivity contribution in [3.8, 4) is 0 Å². The van der Waals surface area contributed by atoms with E-state index in [0.29, 0.717) is 6.54 Å². The molecule has 0 aliphatic carbocycles. The zero-order valence-electron chi connectivity index (χ0n) is 8.88. The van der Waals surface area contributed by atoms with Crippen LogP contribution >= 0.6 is 0 Å². The maximum atomic E-state index is 10.0. The van der Waals surface area contributed by atoms with Crippen molar-refractivity contribution in [2.45, 2.75) is 37.2 Å². The van der Waals surface area contributed by atoms with E-state index in [2.05, 4.69) is 4.90 Å². The molecule has 2 fully saturated rings. The van der Waals surface area contributed by atoms with E-state index < -0.39 is 12.2 Å². The van der Waals surface area contributed by atoms with Gasteiger partial charge in [0.2, 0.25) is 0 Å². The second-order valence-corrected chi connectivity index (χ2v) is 4.36. The minimum atomic E-state index is -0.610. The second-order valence-electron chi connectivity index (χ2n) is 4.36. The Kier molecular flexibility index (Phi) is 3.58. The van der Waals surface area contributed by atoms with Gasteiger partial charge in [-0.05, 0) is 25.9 Å². The van der Waals surface area contributed by atoms with Crippen LogP contribution in [0.15, 0.2) is 0 Å². The zero-order valence-corrected chi connectivity index (χ0v) is 8.88. The maximum Gasteiger partial charge on any atom is 0.109 e. The predicted molar refractivity (Wildman–Crippen MR) is 55.4 cm³/mol. The van der Waals surface area contributed by atoms with Crippen molar-refractivity contribution >= 4 is 0 Å². The minimum absolute atomic E-state index is 0.0327. The Balaban J connectivity index is 2.05. The molecule has 2 heterocycles. The number of rotatable bonds is 3. The van der Waals surface area contributed by atoms with E-state index in [4.69, 9.17) is 15.6 Å². The van der Waals surface area contributed by atoms with Gasteiger partial charge in [0.1, 0.15) is 12.2 Å². The van der Waals surface area contributed by atoms with Gasteiger partial charge in [0.15, 0.2) is 0 Å². The van der Waals surface area contributed by atoms with E-state index in [9.17, 15) is 5.11 Å². The molecule has 0 saturated carbocycles. The highest BCUT2D eigenvalue weighted by atomic mass is 16.5. The van der Waals surface area contributed by atoms with Crippen LogP contribution in [-0.4, -0.2) is 65.7 Å².